The van der Waals surface area contributed by atoms with E-state index in [9.17, 15) is 9.50 Å². The van der Waals surface area contributed by atoms with Crippen molar-refractivity contribution in [2.45, 2.75) is 6.92 Å². The van der Waals surface area contributed by atoms with Gasteiger partial charge in [-0.15, -0.1) is 0 Å². The van der Waals surface area contributed by atoms with Gasteiger partial charge in [0.1, 0.15) is 18.3 Å². The number of phenolic OH excluding ortho intramolecular Hbond substituents is 1. The van der Waals surface area contributed by atoms with Crippen LogP contribution in [0.15, 0.2) is 17.2 Å². The molecule has 0 amide bonds. The lowest BCUT2D eigenvalue weighted by Gasteiger charge is -2.18. The molecule has 0 atom stereocenters. The number of hydrazone groups is 1. The molecule has 4 nitrogen and oxygen atoms in total. The predicted molar refractivity (Wildman–Crippen MR) is 66.4 cm³/mol. The van der Waals surface area contributed by atoms with Crippen LogP contribution in [0.2, 0.25) is 10.0 Å². The Hall–Kier alpha value is -1.20. The Morgan fingerprint density at radius 1 is 1.41 bits per heavy atom. The molecular formula is C10H10Cl2FN3O. The number of aromatic hydroxyl groups is 1. The van der Waals surface area contributed by atoms with Crippen LogP contribution in [0.5, 0.6) is 5.75 Å². The van der Waals surface area contributed by atoms with Crippen LogP contribution >= 0.6 is 23.2 Å². The largest absolute Gasteiger partial charge is 0.506 e. The second-order valence-electron chi connectivity index (χ2n) is 3.60. The van der Waals surface area contributed by atoms with Gasteiger partial charge in [0.25, 0.3) is 0 Å². The topological polar surface area (TPSA) is 39.1 Å². The molecule has 1 aromatic rings. The van der Waals surface area contributed by atoms with Gasteiger partial charge < -0.3 is 10.0 Å². The third-order valence-corrected chi connectivity index (χ3v) is 3.07. The Labute approximate surface area is 108 Å². The molecule has 0 saturated heterocycles. The molecule has 0 unspecified atom stereocenters. The van der Waals surface area contributed by atoms with E-state index in [4.69, 9.17) is 23.2 Å². The van der Waals surface area contributed by atoms with Crippen molar-refractivity contribution in [2.24, 2.45) is 5.10 Å². The number of nitrogens with zero attached hydrogens (tertiary/aromatic N) is 3. The quantitative estimate of drug-likeness (QED) is 0.845. The number of alkyl halides is 1. The van der Waals surface area contributed by atoms with Crippen molar-refractivity contribution < 1.29 is 9.50 Å². The summed E-state index contributed by atoms with van der Waals surface area (Å²) in [6.45, 7) is 1.33. The van der Waals surface area contributed by atoms with Crippen molar-refractivity contribution in [3.63, 3.8) is 0 Å². The molecule has 0 aliphatic carbocycles. The normalized spacial score (nSPS) is 15.4. The Bertz CT molecular complexity index is 481. The minimum absolute atomic E-state index is 0.0855. The number of halogens is 3. The average molecular weight is 278 g/mol. The van der Waals surface area contributed by atoms with E-state index in [0.717, 1.165) is 0 Å². The highest BCUT2D eigenvalue weighted by Gasteiger charge is 2.23. The van der Waals surface area contributed by atoms with E-state index in [2.05, 4.69) is 5.10 Å². The molecule has 17 heavy (non-hydrogen) atoms. The molecule has 2 rings (SSSR count). The molecule has 1 heterocycles. The zero-order valence-electron chi connectivity index (χ0n) is 8.99. The molecule has 1 aliphatic rings. The lowest BCUT2D eigenvalue weighted by molar-refractivity contribution is 0.294. The fraction of sp³-hybridized carbons (Fsp3) is 0.300. The van der Waals surface area contributed by atoms with E-state index < -0.39 is 6.80 Å². The van der Waals surface area contributed by atoms with Gasteiger partial charge in [-0.1, -0.05) is 23.2 Å². The number of rotatable bonds is 2. The summed E-state index contributed by atoms with van der Waals surface area (Å²) >= 11 is 11.7. The van der Waals surface area contributed by atoms with Crippen LogP contribution in [0.3, 0.4) is 0 Å². The van der Waals surface area contributed by atoms with Crippen molar-refractivity contribution in [2.75, 3.05) is 18.5 Å². The summed E-state index contributed by atoms with van der Waals surface area (Å²) in [7, 11) is 0. The smallest absolute Gasteiger partial charge is 0.164 e. The maximum atomic E-state index is 12.6. The number of benzene rings is 1. The van der Waals surface area contributed by atoms with Crippen LogP contribution in [0.25, 0.3) is 0 Å². The maximum absolute atomic E-state index is 12.6. The fourth-order valence-electron chi connectivity index (χ4n) is 1.51. The van der Waals surface area contributed by atoms with Gasteiger partial charge in [0, 0.05) is 6.07 Å². The summed E-state index contributed by atoms with van der Waals surface area (Å²) in [5, 5.41) is 15.7. The lowest BCUT2D eigenvalue weighted by Crippen LogP contribution is -2.28. The van der Waals surface area contributed by atoms with Gasteiger partial charge in [-0.05, 0) is 13.0 Å². The molecule has 1 aliphatic heterocycles. The highest BCUT2D eigenvalue weighted by Crippen LogP contribution is 2.36. The van der Waals surface area contributed by atoms with Crippen LogP contribution in [-0.4, -0.2) is 29.3 Å². The number of hydrogen-bond donors (Lipinski definition) is 1. The minimum Gasteiger partial charge on any atom is -0.506 e. The van der Waals surface area contributed by atoms with Gasteiger partial charge in [0.05, 0.1) is 15.7 Å². The molecule has 0 radical (unpaired) electrons. The zero-order valence-corrected chi connectivity index (χ0v) is 10.5. The van der Waals surface area contributed by atoms with Crippen molar-refractivity contribution in [1.29, 1.82) is 0 Å². The van der Waals surface area contributed by atoms with E-state index in [1.807, 2.05) is 0 Å². The maximum Gasteiger partial charge on any atom is 0.164 e. The first-order valence-electron chi connectivity index (χ1n) is 4.84. The zero-order chi connectivity index (χ0) is 12.6. The van der Waals surface area contributed by atoms with Crippen molar-refractivity contribution in [1.82, 2.24) is 4.90 Å². The Morgan fingerprint density at radius 3 is 2.71 bits per heavy atom. The molecule has 1 N–H and O–H groups in total. The Kier molecular flexibility index (Phi) is 3.31. The molecule has 0 aromatic heterocycles. The Balaban J connectivity index is 2.34. The average Bonchev–Trinajstić information content (AvgIpc) is 2.65. The molecule has 0 bridgehead atoms. The summed E-state index contributed by atoms with van der Waals surface area (Å²) in [5.41, 5.74) is 0.490. The highest BCUT2D eigenvalue weighted by atomic mass is 35.5. The highest BCUT2D eigenvalue weighted by molar-refractivity contribution is 6.37. The second-order valence-corrected chi connectivity index (χ2v) is 4.42. The monoisotopic (exact) mass is 277 g/mol. The van der Waals surface area contributed by atoms with Gasteiger partial charge >= 0.3 is 0 Å². The van der Waals surface area contributed by atoms with E-state index >= 15 is 0 Å². The number of amidine groups is 1. The molecule has 0 spiro atoms. The molecule has 92 valence electrons. The number of phenols is 1. The predicted octanol–water partition coefficient (Wildman–Crippen LogP) is 3.04. The van der Waals surface area contributed by atoms with Crippen LogP contribution in [0, 0.1) is 0 Å². The van der Waals surface area contributed by atoms with Crippen LogP contribution in [-0.2, 0) is 0 Å². The third-order valence-electron chi connectivity index (χ3n) is 2.47. The van der Waals surface area contributed by atoms with Gasteiger partial charge in [-0.25, -0.2) is 9.40 Å². The molecule has 0 saturated carbocycles. The van der Waals surface area contributed by atoms with Crippen molar-refractivity contribution in [3.8, 4) is 5.75 Å². The molecular weight excluding hydrogens is 268 g/mol. The SMILES string of the molecule is CC1=NN(c2cc(O)c(Cl)cc2Cl)CN1CF. The fourth-order valence-corrected chi connectivity index (χ4v) is 1.99. The molecule has 7 heteroatoms. The molecule has 1 aromatic carbocycles. The first-order valence-corrected chi connectivity index (χ1v) is 5.60. The van der Waals surface area contributed by atoms with Gasteiger partial charge in [0.15, 0.2) is 6.80 Å². The second kappa shape index (κ2) is 4.58. The van der Waals surface area contributed by atoms with E-state index in [1.54, 1.807) is 6.92 Å². The van der Waals surface area contributed by atoms with Crippen LogP contribution < -0.4 is 5.01 Å². The van der Waals surface area contributed by atoms with E-state index in [0.29, 0.717) is 16.5 Å². The summed E-state index contributed by atoms with van der Waals surface area (Å²) in [6.07, 6.45) is 0. The van der Waals surface area contributed by atoms with Crippen molar-refractivity contribution >= 4 is 34.7 Å². The van der Waals surface area contributed by atoms with Gasteiger partial charge in [0.2, 0.25) is 0 Å². The Morgan fingerprint density at radius 2 is 2.12 bits per heavy atom. The minimum atomic E-state index is -0.622. The van der Waals surface area contributed by atoms with Gasteiger partial charge in [-0.3, -0.25) is 0 Å². The summed E-state index contributed by atoms with van der Waals surface area (Å²) < 4.78 is 12.6. The molecule has 0 fully saturated rings. The first kappa shape index (κ1) is 12.3. The summed E-state index contributed by atoms with van der Waals surface area (Å²) in [5.74, 6) is 0.468. The number of hydrogen-bond acceptors (Lipinski definition) is 4. The van der Waals surface area contributed by atoms with Crippen molar-refractivity contribution in [3.05, 3.63) is 22.2 Å². The third kappa shape index (κ3) is 2.25. The lowest BCUT2D eigenvalue weighted by atomic mass is 10.3. The first-order chi connectivity index (χ1) is 8.02. The summed E-state index contributed by atoms with van der Waals surface area (Å²) in [6, 6.07) is 2.83. The number of anilines is 1. The van der Waals surface area contributed by atoms with Gasteiger partial charge in [-0.2, -0.15) is 5.10 Å². The van der Waals surface area contributed by atoms with Crippen LogP contribution in [0.1, 0.15) is 6.92 Å². The standard InChI is InChI=1S/C10H10Cl2FN3O/c1-6-14-16(5-15(6)4-13)9-3-10(17)8(12)2-7(9)11/h2-3,17H,4-5H2,1H3. The van der Waals surface area contributed by atoms with E-state index in [-0.39, 0.29) is 17.4 Å². The summed E-state index contributed by atoms with van der Waals surface area (Å²) in [4.78, 5) is 1.43. The van der Waals surface area contributed by atoms with E-state index in [1.165, 1.54) is 22.0 Å². The van der Waals surface area contributed by atoms with Crippen LogP contribution in [0.4, 0.5) is 10.1 Å².